The van der Waals surface area contributed by atoms with Crippen molar-refractivity contribution in [2.45, 2.75) is 25.8 Å². The van der Waals surface area contributed by atoms with Crippen LogP contribution in [0.3, 0.4) is 0 Å². The molecule has 1 unspecified atom stereocenters. The predicted octanol–water partition coefficient (Wildman–Crippen LogP) is 1.20. The smallest absolute Gasteiger partial charge is 0.339 e. The Morgan fingerprint density at radius 2 is 2.11 bits per heavy atom. The summed E-state index contributed by atoms with van der Waals surface area (Å²) in [5.74, 6) is -1.05. The van der Waals surface area contributed by atoms with E-state index in [2.05, 4.69) is 10.3 Å². The normalized spacial score (nSPS) is 16.2. The van der Waals surface area contributed by atoms with E-state index in [1.807, 2.05) is 0 Å². The zero-order valence-electron chi connectivity index (χ0n) is 10.8. The molecule has 1 atom stereocenters. The number of amides is 1. The molecular weight excluding hydrogens is 246 g/mol. The lowest BCUT2D eigenvalue weighted by atomic mass is 10.2. The van der Waals surface area contributed by atoms with E-state index in [1.165, 1.54) is 12.4 Å². The minimum atomic E-state index is -1.06. The SMILES string of the molecule is CC(Nc1ccncc1C(=O)O)C(=O)N1CCCC1. The maximum absolute atomic E-state index is 12.1. The second-order valence-corrected chi connectivity index (χ2v) is 4.62. The Kier molecular flexibility index (Phi) is 3.99. The first-order valence-corrected chi connectivity index (χ1v) is 6.32. The average molecular weight is 263 g/mol. The molecule has 2 rings (SSSR count). The summed E-state index contributed by atoms with van der Waals surface area (Å²) in [4.78, 5) is 28.8. The van der Waals surface area contributed by atoms with Crippen molar-refractivity contribution in [3.8, 4) is 0 Å². The van der Waals surface area contributed by atoms with Crippen molar-refractivity contribution >= 4 is 17.6 Å². The van der Waals surface area contributed by atoms with Crippen LogP contribution < -0.4 is 5.32 Å². The number of aromatic carboxylic acids is 1. The van der Waals surface area contributed by atoms with E-state index in [4.69, 9.17) is 5.11 Å². The maximum atomic E-state index is 12.1. The summed E-state index contributed by atoms with van der Waals surface area (Å²) < 4.78 is 0. The molecule has 0 aliphatic carbocycles. The van der Waals surface area contributed by atoms with Crippen LogP contribution >= 0.6 is 0 Å². The lowest BCUT2D eigenvalue weighted by Gasteiger charge is -2.22. The molecule has 6 heteroatoms. The Hall–Kier alpha value is -2.11. The van der Waals surface area contributed by atoms with E-state index >= 15 is 0 Å². The monoisotopic (exact) mass is 263 g/mol. The predicted molar refractivity (Wildman–Crippen MR) is 70.1 cm³/mol. The summed E-state index contributed by atoms with van der Waals surface area (Å²) in [5, 5.41) is 12.0. The van der Waals surface area contributed by atoms with Crippen molar-refractivity contribution in [3.05, 3.63) is 24.0 Å². The topological polar surface area (TPSA) is 82.5 Å². The van der Waals surface area contributed by atoms with Gasteiger partial charge in [-0.15, -0.1) is 0 Å². The van der Waals surface area contributed by atoms with E-state index in [-0.39, 0.29) is 11.5 Å². The standard InChI is InChI=1S/C13H17N3O3/c1-9(12(17)16-6-2-3-7-16)15-11-4-5-14-8-10(11)13(18)19/h4-5,8-9H,2-3,6-7H2,1H3,(H,14,15)(H,18,19). The average Bonchev–Trinajstić information content (AvgIpc) is 2.92. The summed E-state index contributed by atoms with van der Waals surface area (Å²) in [7, 11) is 0. The molecule has 102 valence electrons. The first-order valence-electron chi connectivity index (χ1n) is 6.32. The van der Waals surface area contributed by atoms with Crippen LogP contribution in [0.15, 0.2) is 18.5 Å². The van der Waals surface area contributed by atoms with E-state index < -0.39 is 12.0 Å². The molecule has 1 saturated heterocycles. The van der Waals surface area contributed by atoms with Gasteiger partial charge in [0.25, 0.3) is 0 Å². The van der Waals surface area contributed by atoms with Crippen LogP contribution in [0.4, 0.5) is 5.69 Å². The number of rotatable bonds is 4. The number of hydrogen-bond acceptors (Lipinski definition) is 4. The molecule has 1 aliphatic rings. The number of nitrogens with one attached hydrogen (secondary N) is 1. The minimum Gasteiger partial charge on any atom is -0.478 e. The molecule has 0 radical (unpaired) electrons. The van der Waals surface area contributed by atoms with Crippen LogP contribution in [0.2, 0.25) is 0 Å². The van der Waals surface area contributed by atoms with Gasteiger partial charge < -0.3 is 15.3 Å². The zero-order valence-corrected chi connectivity index (χ0v) is 10.8. The second kappa shape index (κ2) is 5.69. The van der Waals surface area contributed by atoms with Gasteiger partial charge >= 0.3 is 5.97 Å². The fraction of sp³-hybridized carbons (Fsp3) is 0.462. The molecule has 1 aliphatic heterocycles. The molecule has 6 nitrogen and oxygen atoms in total. The van der Waals surface area contributed by atoms with Gasteiger partial charge in [-0.25, -0.2) is 4.79 Å². The van der Waals surface area contributed by atoms with Gasteiger partial charge in [-0.05, 0) is 25.8 Å². The fourth-order valence-corrected chi connectivity index (χ4v) is 2.20. The van der Waals surface area contributed by atoms with Gasteiger partial charge in [0, 0.05) is 25.5 Å². The van der Waals surface area contributed by atoms with Gasteiger partial charge in [-0.1, -0.05) is 0 Å². The van der Waals surface area contributed by atoms with Crippen molar-refractivity contribution in [2.24, 2.45) is 0 Å². The van der Waals surface area contributed by atoms with Crippen LogP contribution in [-0.2, 0) is 4.79 Å². The quantitative estimate of drug-likeness (QED) is 0.853. The molecule has 2 N–H and O–H groups in total. The second-order valence-electron chi connectivity index (χ2n) is 4.62. The number of carbonyl (C=O) groups excluding carboxylic acids is 1. The third-order valence-electron chi connectivity index (χ3n) is 3.21. The molecule has 1 amide bonds. The zero-order chi connectivity index (χ0) is 13.8. The van der Waals surface area contributed by atoms with Gasteiger partial charge in [0.1, 0.15) is 11.6 Å². The van der Waals surface area contributed by atoms with Gasteiger partial charge in [0.2, 0.25) is 5.91 Å². The van der Waals surface area contributed by atoms with E-state index in [1.54, 1.807) is 17.9 Å². The minimum absolute atomic E-state index is 0.00523. The molecule has 0 bridgehead atoms. The highest BCUT2D eigenvalue weighted by molar-refractivity contribution is 5.95. The van der Waals surface area contributed by atoms with Crippen LogP contribution in [0.1, 0.15) is 30.1 Å². The largest absolute Gasteiger partial charge is 0.478 e. The lowest BCUT2D eigenvalue weighted by molar-refractivity contribution is -0.130. The Morgan fingerprint density at radius 3 is 2.74 bits per heavy atom. The highest BCUT2D eigenvalue weighted by atomic mass is 16.4. The van der Waals surface area contributed by atoms with E-state index in [0.29, 0.717) is 5.69 Å². The number of pyridine rings is 1. The molecule has 1 aromatic heterocycles. The Bertz CT molecular complexity index is 484. The first kappa shape index (κ1) is 13.3. The summed E-state index contributed by atoms with van der Waals surface area (Å²) in [6.07, 6.45) is 4.85. The van der Waals surface area contributed by atoms with Crippen LogP contribution in [-0.4, -0.2) is 46.0 Å². The van der Waals surface area contributed by atoms with Crippen molar-refractivity contribution < 1.29 is 14.7 Å². The highest BCUT2D eigenvalue weighted by Crippen LogP contribution is 2.16. The maximum Gasteiger partial charge on any atom is 0.339 e. The summed E-state index contributed by atoms with van der Waals surface area (Å²) in [5.41, 5.74) is 0.492. The number of nitrogens with zero attached hydrogens (tertiary/aromatic N) is 2. The summed E-state index contributed by atoms with van der Waals surface area (Å²) >= 11 is 0. The number of carboxylic acids is 1. The Balaban J connectivity index is 2.08. The molecule has 1 aromatic rings. The van der Waals surface area contributed by atoms with Crippen LogP contribution in [0, 0.1) is 0 Å². The van der Waals surface area contributed by atoms with Gasteiger partial charge in [0.15, 0.2) is 0 Å². The Morgan fingerprint density at radius 1 is 1.42 bits per heavy atom. The molecule has 1 fully saturated rings. The number of aromatic nitrogens is 1. The van der Waals surface area contributed by atoms with Crippen molar-refractivity contribution in [1.82, 2.24) is 9.88 Å². The fourth-order valence-electron chi connectivity index (χ4n) is 2.20. The lowest BCUT2D eigenvalue weighted by Crippen LogP contribution is -2.39. The van der Waals surface area contributed by atoms with Crippen LogP contribution in [0.25, 0.3) is 0 Å². The van der Waals surface area contributed by atoms with Gasteiger partial charge in [-0.2, -0.15) is 0 Å². The number of anilines is 1. The van der Waals surface area contributed by atoms with E-state index in [0.717, 1.165) is 25.9 Å². The molecule has 2 heterocycles. The van der Waals surface area contributed by atoms with Crippen LogP contribution in [0.5, 0.6) is 0 Å². The Labute approximate surface area is 111 Å². The summed E-state index contributed by atoms with van der Waals surface area (Å²) in [6.45, 7) is 3.31. The molecular formula is C13H17N3O3. The number of carboxylic acid groups (broad SMARTS) is 1. The molecule has 0 spiro atoms. The molecule has 19 heavy (non-hydrogen) atoms. The third kappa shape index (κ3) is 3.01. The van der Waals surface area contributed by atoms with Gasteiger partial charge in [0.05, 0.1) is 5.69 Å². The summed E-state index contributed by atoms with van der Waals surface area (Å²) in [6, 6.07) is 1.12. The first-order chi connectivity index (χ1) is 9.09. The van der Waals surface area contributed by atoms with Crippen molar-refractivity contribution in [2.75, 3.05) is 18.4 Å². The van der Waals surface area contributed by atoms with Crippen molar-refractivity contribution in [1.29, 1.82) is 0 Å². The number of hydrogen-bond donors (Lipinski definition) is 2. The number of likely N-dealkylation sites (tertiary alicyclic amines) is 1. The third-order valence-corrected chi connectivity index (χ3v) is 3.21. The van der Waals surface area contributed by atoms with Crippen molar-refractivity contribution in [3.63, 3.8) is 0 Å². The van der Waals surface area contributed by atoms with E-state index in [9.17, 15) is 9.59 Å². The van der Waals surface area contributed by atoms with Gasteiger partial charge in [-0.3, -0.25) is 9.78 Å². The molecule has 0 saturated carbocycles. The highest BCUT2D eigenvalue weighted by Gasteiger charge is 2.24. The number of carbonyl (C=O) groups is 2. The molecule has 0 aromatic carbocycles.